The highest BCUT2D eigenvalue weighted by molar-refractivity contribution is 5.76. The lowest BCUT2D eigenvalue weighted by Crippen LogP contribution is -2.17. The van der Waals surface area contributed by atoms with Gasteiger partial charge in [0, 0.05) is 6.42 Å². The van der Waals surface area contributed by atoms with Crippen LogP contribution in [-0.2, 0) is 4.79 Å². The maximum absolute atomic E-state index is 11.4. The van der Waals surface area contributed by atoms with Gasteiger partial charge in [-0.1, -0.05) is 51.1 Å². The van der Waals surface area contributed by atoms with Crippen LogP contribution in [0.2, 0.25) is 0 Å². The highest BCUT2D eigenvalue weighted by atomic mass is 16.1. The molecule has 2 unspecified atom stereocenters. The molecule has 0 fully saturated rings. The molecule has 1 aromatic rings. The first-order chi connectivity index (χ1) is 7.52. The van der Waals surface area contributed by atoms with Crippen molar-refractivity contribution in [3.05, 3.63) is 35.9 Å². The topological polar surface area (TPSA) is 17.1 Å². The highest BCUT2D eigenvalue weighted by Crippen LogP contribution is 2.32. The zero-order valence-corrected chi connectivity index (χ0v) is 10.7. The smallest absolute Gasteiger partial charge is 0.130 e. The number of carbonyl (C=O) groups excluding carboxylic acids is 1. The van der Waals surface area contributed by atoms with Gasteiger partial charge < -0.3 is 4.79 Å². The Morgan fingerprint density at radius 1 is 1.12 bits per heavy atom. The molecule has 1 rings (SSSR count). The number of ketones is 1. The molecule has 1 heteroatoms. The Kier molecular flexibility index (Phi) is 4.72. The van der Waals surface area contributed by atoms with Gasteiger partial charge in [0.05, 0.1) is 0 Å². The van der Waals surface area contributed by atoms with Gasteiger partial charge in [-0.2, -0.15) is 0 Å². The van der Waals surface area contributed by atoms with Crippen LogP contribution in [0.4, 0.5) is 0 Å². The minimum absolute atomic E-state index is 0.279. The third-order valence-electron chi connectivity index (χ3n) is 3.42. The maximum atomic E-state index is 11.4. The van der Waals surface area contributed by atoms with Gasteiger partial charge in [0.2, 0.25) is 0 Å². The van der Waals surface area contributed by atoms with Gasteiger partial charge >= 0.3 is 0 Å². The lowest BCUT2D eigenvalue weighted by Gasteiger charge is -2.26. The minimum atomic E-state index is 0.279. The van der Waals surface area contributed by atoms with Crippen molar-refractivity contribution in [3.8, 4) is 0 Å². The molecule has 16 heavy (non-hydrogen) atoms. The Morgan fingerprint density at radius 3 is 2.12 bits per heavy atom. The monoisotopic (exact) mass is 218 g/mol. The number of carbonyl (C=O) groups is 1. The van der Waals surface area contributed by atoms with Crippen LogP contribution < -0.4 is 0 Å². The molecule has 2 atom stereocenters. The molecular formula is C15H22O. The fourth-order valence-electron chi connectivity index (χ4n) is 2.08. The number of hydrogen-bond donors (Lipinski definition) is 0. The summed E-state index contributed by atoms with van der Waals surface area (Å²) in [5.41, 5.74) is 1.29. The van der Waals surface area contributed by atoms with E-state index >= 15 is 0 Å². The second-order valence-corrected chi connectivity index (χ2v) is 5.03. The SMILES string of the molecule is CC(=O)CC(c1ccccc1)C(C)C(C)C. The third-order valence-corrected chi connectivity index (χ3v) is 3.42. The first kappa shape index (κ1) is 13.0. The summed E-state index contributed by atoms with van der Waals surface area (Å²) in [7, 11) is 0. The van der Waals surface area contributed by atoms with Crippen molar-refractivity contribution in [1.29, 1.82) is 0 Å². The maximum Gasteiger partial charge on any atom is 0.130 e. The normalized spacial score (nSPS) is 14.8. The molecule has 1 nitrogen and oxygen atoms in total. The minimum Gasteiger partial charge on any atom is -0.300 e. The molecule has 0 saturated carbocycles. The summed E-state index contributed by atoms with van der Waals surface area (Å²) in [5.74, 6) is 1.77. The van der Waals surface area contributed by atoms with Gasteiger partial charge in [-0.15, -0.1) is 0 Å². The summed E-state index contributed by atoms with van der Waals surface area (Å²) in [4.78, 5) is 11.4. The van der Waals surface area contributed by atoms with Crippen molar-refractivity contribution in [3.63, 3.8) is 0 Å². The standard InChI is InChI=1S/C15H22O/c1-11(2)13(4)15(10-12(3)16)14-8-6-5-7-9-14/h5-9,11,13,15H,10H2,1-4H3. The van der Waals surface area contributed by atoms with Crippen LogP contribution in [0.5, 0.6) is 0 Å². The lowest BCUT2D eigenvalue weighted by atomic mass is 9.78. The van der Waals surface area contributed by atoms with Gasteiger partial charge in [0.15, 0.2) is 0 Å². The van der Waals surface area contributed by atoms with Crippen molar-refractivity contribution >= 4 is 5.78 Å². The molecular weight excluding hydrogens is 196 g/mol. The van der Waals surface area contributed by atoms with E-state index in [2.05, 4.69) is 45.0 Å². The van der Waals surface area contributed by atoms with Crippen LogP contribution in [0.15, 0.2) is 30.3 Å². The zero-order chi connectivity index (χ0) is 12.1. The predicted octanol–water partition coefficient (Wildman–Crippen LogP) is 4.04. The summed E-state index contributed by atoms with van der Waals surface area (Å²) >= 11 is 0. The van der Waals surface area contributed by atoms with Crippen molar-refractivity contribution in [1.82, 2.24) is 0 Å². The molecule has 88 valence electrons. The Bertz CT molecular complexity index is 327. The van der Waals surface area contributed by atoms with E-state index in [4.69, 9.17) is 0 Å². The van der Waals surface area contributed by atoms with Gasteiger partial charge in [0.25, 0.3) is 0 Å². The molecule has 0 aliphatic heterocycles. The quantitative estimate of drug-likeness (QED) is 0.729. The van der Waals surface area contributed by atoms with E-state index in [0.29, 0.717) is 24.2 Å². The fourth-order valence-corrected chi connectivity index (χ4v) is 2.08. The molecule has 0 saturated heterocycles. The van der Waals surface area contributed by atoms with Crippen molar-refractivity contribution in [2.24, 2.45) is 11.8 Å². The number of Topliss-reactive ketones (excluding diaryl/α,β-unsaturated/α-hetero) is 1. The van der Waals surface area contributed by atoms with Crippen LogP contribution >= 0.6 is 0 Å². The van der Waals surface area contributed by atoms with Crippen LogP contribution in [0.3, 0.4) is 0 Å². The molecule has 0 amide bonds. The molecule has 0 heterocycles. The fraction of sp³-hybridized carbons (Fsp3) is 0.533. The van der Waals surface area contributed by atoms with Crippen molar-refractivity contribution < 1.29 is 4.79 Å². The number of benzene rings is 1. The Hall–Kier alpha value is -1.11. The number of hydrogen-bond acceptors (Lipinski definition) is 1. The number of rotatable bonds is 5. The summed E-state index contributed by atoms with van der Waals surface area (Å²) in [6, 6.07) is 10.4. The molecule has 0 aliphatic carbocycles. The van der Waals surface area contributed by atoms with E-state index in [1.807, 2.05) is 6.07 Å². The molecule has 1 aromatic carbocycles. The Labute approximate surface area is 98.9 Å². The first-order valence-electron chi connectivity index (χ1n) is 6.06. The van der Waals surface area contributed by atoms with Gasteiger partial charge in [0.1, 0.15) is 5.78 Å². The largest absolute Gasteiger partial charge is 0.300 e. The summed E-state index contributed by atoms with van der Waals surface area (Å²) in [6.07, 6.45) is 0.656. The van der Waals surface area contributed by atoms with Crippen LogP contribution in [-0.4, -0.2) is 5.78 Å². The Balaban J connectivity index is 2.91. The zero-order valence-electron chi connectivity index (χ0n) is 10.7. The van der Waals surface area contributed by atoms with Crippen molar-refractivity contribution in [2.75, 3.05) is 0 Å². The lowest BCUT2D eigenvalue weighted by molar-refractivity contribution is -0.117. The molecule has 0 spiro atoms. The van der Waals surface area contributed by atoms with Crippen LogP contribution in [0, 0.1) is 11.8 Å². The second-order valence-electron chi connectivity index (χ2n) is 5.03. The highest BCUT2D eigenvalue weighted by Gasteiger charge is 2.22. The average Bonchev–Trinajstić information content (AvgIpc) is 2.26. The average molecular weight is 218 g/mol. The van der Waals surface area contributed by atoms with Crippen molar-refractivity contribution in [2.45, 2.75) is 40.0 Å². The molecule has 0 aliphatic rings. The molecule has 0 aromatic heterocycles. The van der Waals surface area contributed by atoms with E-state index in [9.17, 15) is 4.79 Å². The second kappa shape index (κ2) is 5.83. The van der Waals surface area contributed by atoms with E-state index < -0.39 is 0 Å². The molecule has 0 bridgehead atoms. The molecule has 0 N–H and O–H groups in total. The van der Waals surface area contributed by atoms with E-state index in [1.165, 1.54) is 5.56 Å². The van der Waals surface area contributed by atoms with E-state index in [0.717, 1.165) is 0 Å². The van der Waals surface area contributed by atoms with E-state index in [1.54, 1.807) is 6.92 Å². The van der Waals surface area contributed by atoms with Gasteiger partial charge in [-0.25, -0.2) is 0 Å². The summed E-state index contributed by atoms with van der Waals surface area (Å²) < 4.78 is 0. The van der Waals surface area contributed by atoms with Crippen LogP contribution in [0.1, 0.15) is 45.6 Å². The van der Waals surface area contributed by atoms with E-state index in [-0.39, 0.29) is 5.78 Å². The molecule has 0 radical (unpaired) electrons. The predicted molar refractivity (Wildman–Crippen MR) is 68.5 cm³/mol. The third kappa shape index (κ3) is 3.48. The Morgan fingerprint density at radius 2 is 1.69 bits per heavy atom. The van der Waals surface area contributed by atoms with Crippen LogP contribution in [0.25, 0.3) is 0 Å². The summed E-state index contributed by atoms with van der Waals surface area (Å²) in [6.45, 7) is 8.37. The summed E-state index contributed by atoms with van der Waals surface area (Å²) in [5, 5.41) is 0. The van der Waals surface area contributed by atoms with Gasteiger partial charge in [-0.05, 0) is 30.2 Å². The van der Waals surface area contributed by atoms with Gasteiger partial charge in [-0.3, -0.25) is 0 Å². The first-order valence-corrected chi connectivity index (χ1v) is 6.06.